The molecule has 0 bridgehead atoms. The van der Waals surface area contributed by atoms with Crippen molar-refractivity contribution in [2.75, 3.05) is 6.54 Å². The molecule has 1 aliphatic carbocycles. The SMILES string of the molecule is O=C(Cc1cccc(F)c1)NCC1(O)CCCCCC1. The third kappa shape index (κ3) is 4.60. The summed E-state index contributed by atoms with van der Waals surface area (Å²) in [7, 11) is 0. The van der Waals surface area contributed by atoms with E-state index in [1.54, 1.807) is 12.1 Å². The zero-order valence-corrected chi connectivity index (χ0v) is 11.7. The van der Waals surface area contributed by atoms with Gasteiger partial charge in [0.25, 0.3) is 0 Å². The molecule has 0 spiro atoms. The third-order valence-corrected chi connectivity index (χ3v) is 3.90. The lowest BCUT2D eigenvalue weighted by molar-refractivity contribution is -0.121. The largest absolute Gasteiger partial charge is 0.388 e. The van der Waals surface area contributed by atoms with E-state index in [2.05, 4.69) is 5.32 Å². The van der Waals surface area contributed by atoms with E-state index < -0.39 is 5.60 Å². The summed E-state index contributed by atoms with van der Waals surface area (Å²) in [5.74, 6) is -0.508. The second-order valence-corrected chi connectivity index (χ2v) is 5.72. The molecule has 1 aromatic carbocycles. The Labute approximate surface area is 119 Å². The lowest BCUT2D eigenvalue weighted by Crippen LogP contribution is -2.43. The molecule has 1 saturated carbocycles. The van der Waals surface area contributed by atoms with Crippen molar-refractivity contribution in [1.82, 2.24) is 5.32 Å². The number of rotatable bonds is 4. The van der Waals surface area contributed by atoms with E-state index in [0.717, 1.165) is 38.5 Å². The van der Waals surface area contributed by atoms with E-state index in [9.17, 15) is 14.3 Å². The Morgan fingerprint density at radius 1 is 1.25 bits per heavy atom. The maximum absolute atomic E-state index is 13.0. The normalized spacial score (nSPS) is 18.3. The van der Waals surface area contributed by atoms with Crippen LogP contribution in [-0.2, 0) is 11.2 Å². The van der Waals surface area contributed by atoms with Crippen LogP contribution < -0.4 is 5.32 Å². The fraction of sp³-hybridized carbons (Fsp3) is 0.562. The van der Waals surface area contributed by atoms with Gasteiger partial charge in [-0.15, -0.1) is 0 Å². The highest BCUT2D eigenvalue weighted by Gasteiger charge is 2.28. The Morgan fingerprint density at radius 2 is 1.95 bits per heavy atom. The number of benzene rings is 1. The standard InChI is InChI=1S/C16H22FNO2/c17-14-7-5-6-13(10-14)11-15(19)18-12-16(20)8-3-1-2-4-9-16/h5-7,10,20H,1-4,8-9,11-12H2,(H,18,19). The molecule has 0 aliphatic heterocycles. The highest BCUT2D eigenvalue weighted by Crippen LogP contribution is 2.26. The number of nitrogens with one attached hydrogen (secondary N) is 1. The quantitative estimate of drug-likeness (QED) is 0.832. The van der Waals surface area contributed by atoms with E-state index >= 15 is 0 Å². The predicted octanol–water partition coefficient (Wildman–Crippen LogP) is 2.57. The van der Waals surface area contributed by atoms with Crippen molar-refractivity contribution >= 4 is 5.91 Å². The van der Waals surface area contributed by atoms with Crippen molar-refractivity contribution in [2.24, 2.45) is 0 Å². The minimum Gasteiger partial charge on any atom is -0.388 e. The van der Waals surface area contributed by atoms with Crippen LogP contribution in [0.2, 0.25) is 0 Å². The van der Waals surface area contributed by atoms with Crippen molar-refractivity contribution < 1.29 is 14.3 Å². The molecule has 1 amide bonds. The van der Waals surface area contributed by atoms with Crippen LogP contribution in [0.15, 0.2) is 24.3 Å². The first-order chi connectivity index (χ1) is 9.57. The minimum absolute atomic E-state index is 0.147. The number of aliphatic hydroxyl groups is 1. The zero-order chi connectivity index (χ0) is 14.4. The molecule has 2 rings (SSSR count). The van der Waals surface area contributed by atoms with Gasteiger partial charge in [-0.25, -0.2) is 4.39 Å². The summed E-state index contributed by atoms with van der Waals surface area (Å²) < 4.78 is 13.0. The molecule has 1 aromatic rings. The molecule has 0 heterocycles. The van der Waals surface area contributed by atoms with E-state index in [1.165, 1.54) is 12.1 Å². The number of carbonyl (C=O) groups excluding carboxylic acids is 1. The first-order valence-electron chi connectivity index (χ1n) is 7.31. The predicted molar refractivity (Wildman–Crippen MR) is 75.8 cm³/mol. The molecule has 0 unspecified atom stereocenters. The van der Waals surface area contributed by atoms with Crippen molar-refractivity contribution in [3.05, 3.63) is 35.6 Å². The van der Waals surface area contributed by atoms with Crippen LogP contribution in [0.3, 0.4) is 0 Å². The summed E-state index contributed by atoms with van der Waals surface area (Å²) >= 11 is 0. The molecule has 0 saturated heterocycles. The second kappa shape index (κ2) is 6.84. The molecule has 0 atom stereocenters. The van der Waals surface area contributed by atoms with Gasteiger partial charge in [0, 0.05) is 6.54 Å². The Kier molecular flexibility index (Phi) is 5.12. The molecule has 0 radical (unpaired) electrons. The first kappa shape index (κ1) is 15.0. The van der Waals surface area contributed by atoms with E-state index in [1.807, 2.05) is 0 Å². The smallest absolute Gasteiger partial charge is 0.224 e. The summed E-state index contributed by atoms with van der Waals surface area (Å²) in [6, 6.07) is 6.04. The molecular weight excluding hydrogens is 257 g/mol. The van der Waals surface area contributed by atoms with E-state index in [-0.39, 0.29) is 18.1 Å². The van der Waals surface area contributed by atoms with Crippen molar-refractivity contribution in [2.45, 2.75) is 50.5 Å². The van der Waals surface area contributed by atoms with Crippen LogP contribution in [0.5, 0.6) is 0 Å². The number of hydrogen-bond acceptors (Lipinski definition) is 2. The summed E-state index contributed by atoms with van der Waals surface area (Å²) in [6.07, 6.45) is 5.96. The first-order valence-corrected chi connectivity index (χ1v) is 7.31. The fourth-order valence-electron chi connectivity index (χ4n) is 2.72. The van der Waals surface area contributed by atoms with Gasteiger partial charge in [0.2, 0.25) is 5.91 Å². The lowest BCUT2D eigenvalue weighted by atomic mass is 9.94. The molecule has 4 heteroatoms. The third-order valence-electron chi connectivity index (χ3n) is 3.90. The Morgan fingerprint density at radius 3 is 2.60 bits per heavy atom. The highest BCUT2D eigenvalue weighted by atomic mass is 19.1. The highest BCUT2D eigenvalue weighted by molar-refractivity contribution is 5.78. The van der Waals surface area contributed by atoms with Gasteiger partial charge >= 0.3 is 0 Å². The average Bonchev–Trinajstić information content (AvgIpc) is 2.62. The van der Waals surface area contributed by atoms with Crippen LogP contribution in [0, 0.1) is 5.82 Å². The zero-order valence-electron chi connectivity index (χ0n) is 11.7. The van der Waals surface area contributed by atoms with Gasteiger partial charge in [0.1, 0.15) is 5.82 Å². The van der Waals surface area contributed by atoms with Gasteiger partial charge in [-0.05, 0) is 30.5 Å². The Bertz CT molecular complexity index is 454. The summed E-state index contributed by atoms with van der Waals surface area (Å²) in [4.78, 5) is 11.8. The fourth-order valence-corrected chi connectivity index (χ4v) is 2.72. The molecule has 110 valence electrons. The van der Waals surface area contributed by atoms with Crippen LogP contribution in [0.4, 0.5) is 4.39 Å². The molecule has 2 N–H and O–H groups in total. The van der Waals surface area contributed by atoms with Crippen LogP contribution in [0.25, 0.3) is 0 Å². The Balaban J connectivity index is 1.82. The van der Waals surface area contributed by atoms with Gasteiger partial charge in [0.05, 0.1) is 12.0 Å². The van der Waals surface area contributed by atoms with E-state index in [4.69, 9.17) is 0 Å². The number of hydrogen-bond donors (Lipinski definition) is 2. The number of carbonyl (C=O) groups is 1. The molecular formula is C16H22FNO2. The van der Waals surface area contributed by atoms with E-state index in [0.29, 0.717) is 12.1 Å². The summed E-state index contributed by atoms with van der Waals surface area (Å²) in [5, 5.41) is 13.2. The van der Waals surface area contributed by atoms with Crippen molar-refractivity contribution in [3.63, 3.8) is 0 Å². The Hall–Kier alpha value is -1.42. The minimum atomic E-state index is -0.770. The monoisotopic (exact) mass is 279 g/mol. The van der Waals surface area contributed by atoms with Crippen LogP contribution in [-0.4, -0.2) is 23.2 Å². The maximum Gasteiger partial charge on any atom is 0.224 e. The maximum atomic E-state index is 13.0. The van der Waals surface area contributed by atoms with Gasteiger partial charge < -0.3 is 10.4 Å². The molecule has 1 aliphatic rings. The van der Waals surface area contributed by atoms with Crippen LogP contribution in [0.1, 0.15) is 44.1 Å². The molecule has 20 heavy (non-hydrogen) atoms. The lowest BCUT2D eigenvalue weighted by Gasteiger charge is -2.26. The van der Waals surface area contributed by atoms with Gasteiger partial charge in [0.15, 0.2) is 0 Å². The molecule has 1 fully saturated rings. The van der Waals surface area contributed by atoms with Crippen molar-refractivity contribution in [3.8, 4) is 0 Å². The van der Waals surface area contributed by atoms with Crippen LogP contribution >= 0.6 is 0 Å². The topological polar surface area (TPSA) is 49.3 Å². The van der Waals surface area contributed by atoms with Crippen molar-refractivity contribution in [1.29, 1.82) is 0 Å². The van der Waals surface area contributed by atoms with Gasteiger partial charge in [-0.3, -0.25) is 4.79 Å². The van der Waals surface area contributed by atoms with Gasteiger partial charge in [-0.1, -0.05) is 37.8 Å². The summed E-state index contributed by atoms with van der Waals surface area (Å²) in [6.45, 7) is 0.293. The molecule has 3 nitrogen and oxygen atoms in total. The molecule has 0 aromatic heterocycles. The second-order valence-electron chi connectivity index (χ2n) is 5.72. The summed E-state index contributed by atoms with van der Waals surface area (Å²) in [5.41, 5.74) is -0.121. The number of amides is 1. The number of halogens is 1. The average molecular weight is 279 g/mol. The van der Waals surface area contributed by atoms with Gasteiger partial charge in [-0.2, -0.15) is 0 Å².